The highest BCUT2D eigenvalue weighted by atomic mass is 15.4. The molecule has 4 heteroatoms. The van der Waals surface area contributed by atoms with E-state index in [0.29, 0.717) is 0 Å². The fraction of sp³-hybridized carbons (Fsp3) is 0.167. The van der Waals surface area contributed by atoms with Crippen molar-refractivity contribution in [2.75, 3.05) is 23.4 Å². The highest BCUT2D eigenvalue weighted by molar-refractivity contribution is 6.09. The molecule has 46 heavy (non-hydrogen) atoms. The van der Waals surface area contributed by atoms with Gasteiger partial charge in [0, 0.05) is 39.2 Å². The summed E-state index contributed by atoms with van der Waals surface area (Å²) in [6.45, 7) is 6.87. The van der Waals surface area contributed by atoms with Crippen molar-refractivity contribution in [3.8, 4) is 16.9 Å². The zero-order chi connectivity index (χ0) is 34.1. The van der Waals surface area contributed by atoms with Gasteiger partial charge < -0.3 is 9.80 Å². The monoisotopic (exact) mass is 601 g/mol. The fourth-order valence-corrected chi connectivity index (χ4v) is 7.24. The number of aryl methyl sites for hydroxylation is 2. The highest BCUT2D eigenvalue weighted by Gasteiger charge is 2.28. The van der Waals surface area contributed by atoms with E-state index >= 15 is 0 Å². The lowest BCUT2D eigenvalue weighted by Gasteiger charge is -2.28. The maximum absolute atomic E-state index is 8.15. The summed E-state index contributed by atoms with van der Waals surface area (Å²) in [5, 5.41) is 2.37. The standard InChI is InChI=1S/C42H38N4/c1-28-12-10-13-29(2)41(28)30-22-23-43-40(24-30)46-36-17-7-6-16-34(36)35-21-20-32(26-39(35)46)42(3,4)31-14-11-15-33(25-31)45-27-44(5)37-18-8-9-19-38(37)45/h6-26H,27H2,1-5H3/i5D3. The first kappa shape index (κ1) is 24.9. The first-order valence-electron chi connectivity index (χ1n) is 17.3. The predicted molar refractivity (Wildman–Crippen MR) is 194 cm³/mol. The van der Waals surface area contributed by atoms with Gasteiger partial charge in [0.05, 0.1) is 29.1 Å². The van der Waals surface area contributed by atoms with Crippen molar-refractivity contribution in [2.45, 2.75) is 33.1 Å². The summed E-state index contributed by atoms with van der Waals surface area (Å²) >= 11 is 0. The van der Waals surface area contributed by atoms with Gasteiger partial charge >= 0.3 is 0 Å². The van der Waals surface area contributed by atoms with Gasteiger partial charge in [-0.3, -0.25) is 4.57 Å². The van der Waals surface area contributed by atoms with Crippen molar-refractivity contribution in [3.05, 3.63) is 150 Å². The summed E-state index contributed by atoms with van der Waals surface area (Å²) in [4.78, 5) is 8.52. The van der Waals surface area contributed by atoms with Crippen LogP contribution in [0.15, 0.2) is 128 Å². The lowest BCUT2D eigenvalue weighted by molar-refractivity contribution is 0.641. The van der Waals surface area contributed by atoms with Crippen LogP contribution < -0.4 is 9.80 Å². The summed E-state index contributed by atoms with van der Waals surface area (Å²) in [6.07, 6.45) is 1.92. The van der Waals surface area contributed by atoms with Crippen LogP contribution in [0.25, 0.3) is 38.8 Å². The number of rotatable bonds is 5. The Labute approximate surface area is 275 Å². The van der Waals surface area contributed by atoms with Gasteiger partial charge in [-0.2, -0.15) is 0 Å². The molecule has 1 aliphatic rings. The van der Waals surface area contributed by atoms with E-state index in [0.717, 1.165) is 45.0 Å². The number of nitrogens with zero attached hydrogens (tertiary/aromatic N) is 4. The third-order valence-electron chi connectivity index (χ3n) is 9.77. The lowest BCUT2D eigenvalue weighted by Crippen LogP contribution is -2.25. The fourth-order valence-electron chi connectivity index (χ4n) is 7.24. The summed E-state index contributed by atoms with van der Waals surface area (Å²) in [6, 6.07) is 42.4. The Morgan fingerprint density at radius 3 is 2.22 bits per heavy atom. The van der Waals surface area contributed by atoms with Gasteiger partial charge in [0.25, 0.3) is 0 Å². The van der Waals surface area contributed by atoms with E-state index in [1.165, 1.54) is 37.9 Å². The van der Waals surface area contributed by atoms with E-state index in [2.05, 4.69) is 134 Å². The van der Waals surface area contributed by atoms with Crippen molar-refractivity contribution < 1.29 is 4.11 Å². The van der Waals surface area contributed by atoms with Crippen molar-refractivity contribution in [3.63, 3.8) is 0 Å². The average molecular weight is 602 g/mol. The van der Waals surface area contributed by atoms with Crippen LogP contribution in [0.5, 0.6) is 0 Å². The van der Waals surface area contributed by atoms with Crippen LogP contribution in [0.1, 0.15) is 40.2 Å². The number of fused-ring (bicyclic) bond motifs is 4. The third-order valence-corrected chi connectivity index (χ3v) is 9.77. The number of hydrogen-bond acceptors (Lipinski definition) is 3. The molecular weight excluding hydrogens is 560 g/mol. The molecule has 4 nitrogen and oxygen atoms in total. The summed E-state index contributed by atoms with van der Waals surface area (Å²) in [5.41, 5.74) is 11.7. The molecule has 0 amide bonds. The van der Waals surface area contributed by atoms with Crippen molar-refractivity contribution in [2.24, 2.45) is 0 Å². The van der Waals surface area contributed by atoms with Gasteiger partial charge in [-0.05, 0) is 95.8 Å². The molecule has 0 atom stereocenters. The lowest BCUT2D eigenvalue weighted by atomic mass is 9.77. The smallest absolute Gasteiger partial charge is 0.138 e. The van der Waals surface area contributed by atoms with Crippen LogP contribution in [0, 0.1) is 13.8 Å². The van der Waals surface area contributed by atoms with E-state index in [4.69, 9.17) is 9.10 Å². The van der Waals surface area contributed by atoms with Crippen LogP contribution in [-0.4, -0.2) is 23.2 Å². The molecule has 0 radical (unpaired) electrons. The second kappa shape index (κ2) is 10.6. The summed E-state index contributed by atoms with van der Waals surface area (Å²) < 4.78 is 26.8. The van der Waals surface area contributed by atoms with Crippen molar-refractivity contribution >= 4 is 38.9 Å². The molecule has 0 aliphatic carbocycles. The Bertz CT molecular complexity index is 2370. The minimum atomic E-state index is -2.23. The Morgan fingerprint density at radius 1 is 0.674 bits per heavy atom. The van der Waals surface area contributed by atoms with E-state index in [1.807, 2.05) is 30.5 Å². The molecule has 8 rings (SSSR count). The molecule has 0 spiro atoms. The molecule has 0 N–H and O–H groups in total. The number of benzene rings is 5. The first-order chi connectivity index (χ1) is 23.5. The molecular formula is C42H38N4. The molecule has 7 aromatic rings. The molecule has 0 saturated carbocycles. The quantitative estimate of drug-likeness (QED) is 0.196. The van der Waals surface area contributed by atoms with Gasteiger partial charge in [0.15, 0.2) is 0 Å². The van der Waals surface area contributed by atoms with E-state index in [-0.39, 0.29) is 12.1 Å². The zero-order valence-electron chi connectivity index (χ0n) is 29.6. The summed E-state index contributed by atoms with van der Waals surface area (Å²) in [5.74, 6) is 0.884. The summed E-state index contributed by atoms with van der Waals surface area (Å²) in [7, 11) is 0. The average Bonchev–Trinajstić information content (AvgIpc) is 3.65. The number of aromatic nitrogens is 2. The molecule has 0 saturated heterocycles. The Kier molecular flexibility index (Phi) is 5.76. The third kappa shape index (κ3) is 4.40. The van der Waals surface area contributed by atoms with Crippen molar-refractivity contribution in [1.82, 2.24) is 9.55 Å². The van der Waals surface area contributed by atoms with Gasteiger partial charge in [-0.25, -0.2) is 4.98 Å². The van der Waals surface area contributed by atoms with E-state index in [1.54, 1.807) is 0 Å². The molecule has 0 unspecified atom stereocenters. The Balaban J connectivity index is 1.24. The topological polar surface area (TPSA) is 24.3 Å². The molecule has 5 aromatic carbocycles. The van der Waals surface area contributed by atoms with Gasteiger partial charge in [0.1, 0.15) is 5.82 Å². The minimum absolute atomic E-state index is 0.264. The minimum Gasteiger partial charge on any atom is -0.355 e. The second-order valence-electron chi connectivity index (χ2n) is 12.9. The first-order valence-corrected chi connectivity index (χ1v) is 15.8. The van der Waals surface area contributed by atoms with Gasteiger partial charge in [0.2, 0.25) is 0 Å². The Morgan fingerprint density at radius 2 is 1.39 bits per heavy atom. The number of anilines is 3. The van der Waals surface area contributed by atoms with Crippen LogP contribution >= 0.6 is 0 Å². The number of hydrogen-bond donors (Lipinski definition) is 0. The molecule has 226 valence electrons. The van der Waals surface area contributed by atoms with Crippen LogP contribution in [-0.2, 0) is 5.41 Å². The second-order valence-corrected chi connectivity index (χ2v) is 12.9. The number of pyridine rings is 1. The highest BCUT2D eigenvalue weighted by Crippen LogP contribution is 2.42. The van der Waals surface area contributed by atoms with Gasteiger partial charge in [-0.1, -0.05) is 86.6 Å². The molecule has 3 heterocycles. The van der Waals surface area contributed by atoms with Crippen LogP contribution in [0.3, 0.4) is 0 Å². The van der Waals surface area contributed by atoms with E-state index in [9.17, 15) is 0 Å². The normalized spacial score (nSPS) is 14.4. The molecule has 0 fully saturated rings. The SMILES string of the molecule is [2H]C([2H])([2H])N1CN(c2cccc(C(C)(C)c3ccc4c5ccccc5n(-c5cc(-c6c(C)cccc6C)ccn5)c4c3)c2)c2ccccc21. The van der Waals surface area contributed by atoms with Gasteiger partial charge in [-0.15, -0.1) is 0 Å². The maximum Gasteiger partial charge on any atom is 0.138 e. The maximum atomic E-state index is 8.15. The Hall–Kier alpha value is -5.35. The predicted octanol–water partition coefficient (Wildman–Crippen LogP) is 10.3. The molecule has 2 aromatic heterocycles. The van der Waals surface area contributed by atoms with Crippen molar-refractivity contribution in [1.29, 1.82) is 0 Å². The molecule has 0 bridgehead atoms. The molecule has 1 aliphatic heterocycles. The zero-order valence-corrected chi connectivity index (χ0v) is 26.6. The number of para-hydroxylation sites is 3. The van der Waals surface area contributed by atoms with E-state index < -0.39 is 6.98 Å². The van der Waals surface area contributed by atoms with Crippen LogP contribution in [0.4, 0.5) is 17.1 Å². The van der Waals surface area contributed by atoms with Crippen LogP contribution in [0.2, 0.25) is 0 Å². The largest absolute Gasteiger partial charge is 0.355 e.